The molecule has 0 aliphatic heterocycles. The van der Waals surface area contributed by atoms with Crippen LogP contribution in [0.4, 0.5) is 24.5 Å². The third-order valence-electron chi connectivity index (χ3n) is 6.07. The summed E-state index contributed by atoms with van der Waals surface area (Å²) in [5.74, 6) is -3.05. The lowest BCUT2D eigenvalue weighted by Gasteiger charge is -2.27. The minimum Gasteiger partial charge on any atom is -0.474 e. The largest absolute Gasteiger partial charge is 0.573 e. The van der Waals surface area contributed by atoms with Gasteiger partial charge in [0, 0.05) is 31.0 Å². The Labute approximate surface area is 220 Å². The number of carbonyl (C=O) groups excluding carboxylic acids is 1. The molecule has 0 fully saturated rings. The van der Waals surface area contributed by atoms with Gasteiger partial charge < -0.3 is 14.7 Å². The Balaban J connectivity index is 2.09. The van der Waals surface area contributed by atoms with E-state index in [1.54, 1.807) is 13.0 Å². The molecule has 9 heteroatoms. The summed E-state index contributed by atoms with van der Waals surface area (Å²) in [7, 11) is 3.63. The van der Waals surface area contributed by atoms with Crippen LogP contribution in [0.3, 0.4) is 0 Å². The number of carboxylic acid groups (broad SMARTS) is 1. The molecule has 6 nitrogen and oxygen atoms in total. The SMILES string of the molecule is Cc1cc(N(C)C)c(-c2ccc(OC(F)(F)F)cc2)cc1N(Cc1ccc(C(C)(C)C)cc1)C(=O)C(=O)O. The number of halogens is 3. The Morgan fingerprint density at radius 2 is 1.47 bits per heavy atom. The lowest BCUT2D eigenvalue weighted by atomic mass is 9.86. The second-order valence-corrected chi connectivity index (χ2v) is 10.3. The number of hydrogen-bond acceptors (Lipinski definition) is 4. The van der Waals surface area contributed by atoms with Crippen LogP contribution in [0.25, 0.3) is 11.1 Å². The van der Waals surface area contributed by atoms with Crippen molar-refractivity contribution >= 4 is 23.3 Å². The lowest BCUT2D eigenvalue weighted by Crippen LogP contribution is -2.36. The Bertz CT molecular complexity index is 1310. The zero-order chi connectivity index (χ0) is 28.4. The van der Waals surface area contributed by atoms with E-state index in [-0.39, 0.29) is 17.7 Å². The molecule has 0 bridgehead atoms. The van der Waals surface area contributed by atoms with Crippen LogP contribution in [-0.4, -0.2) is 37.4 Å². The number of carbonyl (C=O) groups is 2. The number of carboxylic acids is 1. The molecule has 0 aliphatic carbocycles. The van der Waals surface area contributed by atoms with Crippen molar-refractivity contribution in [2.45, 2.75) is 46.0 Å². The van der Waals surface area contributed by atoms with Crippen molar-refractivity contribution in [2.24, 2.45) is 0 Å². The highest BCUT2D eigenvalue weighted by atomic mass is 19.4. The van der Waals surface area contributed by atoms with Crippen molar-refractivity contribution in [3.63, 3.8) is 0 Å². The average Bonchev–Trinajstić information content (AvgIpc) is 2.81. The van der Waals surface area contributed by atoms with Crippen molar-refractivity contribution in [1.82, 2.24) is 0 Å². The van der Waals surface area contributed by atoms with E-state index in [0.717, 1.165) is 16.8 Å². The van der Waals surface area contributed by atoms with Gasteiger partial charge in [-0.15, -0.1) is 13.2 Å². The van der Waals surface area contributed by atoms with Gasteiger partial charge >= 0.3 is 18.2 Å². The molecular formula is C29H31F3N2O4. The number of rotatable bonds is 6. The summed E-state index contributed by atoms with van der Waals surface area (Å²) in [5.41, 5.74) is 4.76. The third-order valence-corrected chi connectivity index (χ3v) is 6.07. The van der Waals surface area contributed by atoms with Gasteiger partial charge in [-0.05, 0) is 58.9 Å². The first-order valence-electron chi connectivity index (χ1n) is 11.9. The Morgan fingerprint density at radius 3 is 1.95 bits per heavy atom. The van der Waals surface area contributed by atoms with Gasteiger partial charge in [-0.1, -0.05) is 57.2 Å². The first-order valence-corrected chi connectivity index (χ1v) is 11.9. The van der Waals surface area contributed by atoms with Gasteiger partial charge in [0.1, 0.15) is 5.75 Å². The molecule has 1 N–H and O–H groups in total. The number of aryl methyl sites for hydroxylation is 1. The van der Waals surface area contributed by atoms with E-state index in [1.807, 2.05) is 49.3 Å². The number of hydrogen-bond donors (Lipinski definition) is 1. The van der Waals surface area contributed by atoms with E-state index >= 15 is 0 Å². The second kappa shape index (κ2) is 10.8. The van der Waals surface area contributed by atoms with Gasteiger partial charge in [-0.2, -0.15) is 0 Å². The van der Waals surface area contributed by atoms with Crippen LogP contribution in [0.15, 0.2) is 60.7 Å². The molecule has 1 amide bonds. The van der Waals surface area contributed by atoms with Crippen molar-refractivity contribution < 1.29 is 32.6 Å². The summed E-state index contributed by atoms with van der Waals surface area (Å²) in [4.78, 5) is 27.7. The third kappa shape index (κ3) is 6.85. The molecule has 3 aromatic carbocycles. The molecular weight excluding hydrogens is 497 g/mol. The number of alkyl halides is 3. The van der Waals surface area contributed by atoms with Crippen LogP contribution in [-0.2, 0) is 21.5 Å². The van der Waals surface area contributed by atoms with Gasteiger partial charge in [0.25, 0.3) is 0 Å². The second-order valence-electron chi connectivity index (χ2n) is 10.3. The van der Waals surface area contributed by atoms with E-state index in [9.17, 15) is 27.9 Å². The number of nitrogens with zero attached hydrogens (tertiary/aromatic N) is 2. The number of amides is 1. The fourth-order valence-electron chi connectivity index (χ4n) is 4.08. The molecule has 0 atom stereocenters. The van der Waals surface area contributed by atoms with Gasteiger partial charge in [0.05, 0.1) is 6.54 Å². The minimum absolute atomic E-state index is 0.0233. The Hall–Kier alpha value is -4.01. The molecule has 0 spiro atoms. The minimum atomic E-state index is -4.81. The zero-order valence-corrected chi connectivity index (χ0v) is 22.2. The monoisotopic (exact) mass is 528 g/mol. The predicted octanol–water partition coefficient (Wildman–Crippen LogP) is 6.54. The van der Waals surface area contributed by atoms with E-state index in [1.165, 1.54) is 29.2 Å². The standard InChI is InChI=1S/C29H31F3N2O4/c1-18-15-25(33(5)6)23(20-9-13-22(14-10-20)38-29(30,31)32)16-24(18)34(26(35)27(36)37)17-19-7-11-21(12-8-19)28(2,3)4/h7-16H,17H2,1-6H3,(H,36,37). The van der Waals surface area contributed by atoms with Crippen molar-refractivity contribution in [3.05, 3.63) is 77.4 Å². The van der Waals surface area contributed by atoms with Crippen LogP contribution in [0.5, 0.6) is 5.75 Å². The first kappa shape index (κ1) is 28.6. The van der Waals surface area contributed by atoms with Crippen molar-refractivity contribution in [1.29, 1.82) is 0 Å². The summed E-state index contributed by atoms with van der Waals surface area (Å²) in [6.07, 6.45) is -4.81. The normalized spacial score (nSPS) is 11.7. The van der Waals surface area contributed by atoms with Crippen LogP contribution in [0.2, 0.25) is 0 Å². The molecule has 0 heterocycles. The molecule has 3 aromatic rings. The first-order chi connectivity index (χ1) is 17.6. The lowest BCUT2D eigenvalue weighted by molar-refractivity contribution is -0.274. The molecule has 0 aromatic heterocycles. The number of ether oxygens (including phenoxy) is 1. The van der Waals surface area contributed by atoms with Crippen LogP contribution in [0.1, 0.15) is 37.5 Å². The average molecular weight is 529 g/mol. The quantitative estimate of drug-likeness (QED) is 0.368. The highest BCUT2D eigenvalue weighted by Gasteiger charge is 2.31. The highest BCUT2D eigenvalue weighted by molar-refractivity contribution is 6.37. The van der Waals surface area contributed by atoms with Gasteiger partial charge in [0.15, 0.2) is 0 Å². The Morgan fingerprint density at radius 1 is 0.895 bits per heavy atom. The van der Waals surface area contributed by atoms with E-state index in [4.69, 9.17) is 0 Å². The van der Waals surface area contributed by atoms with Gasteiger partial charge in [-0.3, -0.25) is 9.69 Å². The number of benzene rings is 3. The van der Waals surface area contributed by atoms with Crippen LogP contribution >= 0.6 is 0 Å². The molecule has 0 saturated heterocycles. The summed E-state index contributed by atoms with van der Waals surface area (Å²) < 4.78 is 41.8. The van der Waals surface area contributed by atoms with Crippen molar-refractivity contribution in [2.75, 3.05) is 23.9 Å². The molecule has 0 saturated carbocycles. The van der Waals surface area contributed by atoms with Crippen LogP contribution < -0.4 is 14.5 Å². The van der Waals surface area contributed by atoms with Crippen molar-refractivity contribution in [3.8, 4) is 16.9 Å². The van der Waals surface area contributed by atoms with Crippen LogP contribution in [0, 0.1) is 6.92 Å². The summed E-state index contributed by atoms with van der Waals surface area (Å²) in [6, 6.07) is 16.5. The maximum Gasteiger partial charge on any atom is 0.573 e. The molecule has 0 unspecified atom stereocenters. The molecule has 38 heavy (non-hydrogen) atoms. The smallest absolute Gasteiger partial charge is 0.474 e. The molecule has 3 rings (SSSR count). The van der Waals surface area contributed by atoms with E-state index in [0.29, 0.717) is 22.4 Å². The summed E-state index contributed by atoms with van der Waals surface area (Å²) >= 11 is 0. The molecule has 0 radical (unpaired) electrons. The predicted molar refractivity (Wildman–Crippen MR) is 142 cm³/mol. The summed E-state index contributed by atoms with van der Waals surface area (Å²) in [5, 5.41) is 9.58. The number of aliphatic carboxylic acids is 1. The fraction of sp³-hybridized carbons (Fsp3) is 0.310. The zero-order valence-electron chi connectivity index (χ0n) is 22.2. The summed E-state index contributed by atoms with van der Waals surface area (Å²) in [6.45, 7) is 8.05. The maximum atomic E-state index is 12.9. The fourth-order valence-corrected chi connectivity index (χ4v) is 4.08. The molecule has 0 aliphatic rings. The van der Waals surface area contributed by atoms with E-state index in [2.05, 4.69) is 25.5 Å². The van der Waals surface area contributed by atoms with Gasteiger partial charge in [0.2, 0.25) is 0 Å². The molecule has 202 valence electrons. The topological polar surface area (TPSA) is 70.1 Å². The van der Waals surface area contributed by atoms with Gasteiger partial charge in [-0.25, -0.2) is 4.79 Å². The van der Waals surface area contributed by atoms with E-state index < -0.39 is 18.2 Å². The maximum absolute atomic E-state index is 12.9. The Kier molecular flexibility index (Phi) is 8.09. The number of anilines is 2. The highest BCUT2D eigenvalue weighted by Crippen LogP contribution is 2.38.